The van der Waals surface area contributed by atoms with Gasteiger partial charge in [0.25, 0.3) is 0 Å². The summed E-state index contributed by atoms with van der Waals surface area (Å²) >= 11 is 0. The fraction of sp³-hybridized carbons (Fsp3) is 0.462. The van der Waals surface area contributed by atoms with Crippen molar-refractivity contribution in [2.45, 2.75) is 26.3 Å². The molecule has 0 aromatic heterocycles. The van der Waals surface area contributed by atoms with Crippen molar-refractivity contribution in [3.63, 3.8) is 0 Å². The number of fused-ring (bicyclic) bond motifs is 1. The van der Waals surface area contributed by atoms with E-state index in [1.807, 2.05) is 53.1 Å². The summed E-state index contributed by atoms with van der Waals surface area (Å²) in [5.41, 5.74) is 4.56. The normalized spacial score (nSPS) is 16.3. The summed E-state index contributed by atoms with van der Waals surface area (Å²) in [7, 11) is 3.26. The van der Waals surface area contributed by atoms with Crippen molar-refractivity contribution >= 4 is 11.8 Å². The molecule has 0 saturated carbocycles. The van der Waals surface area contributed by atoms with Crippen molar-refractivity contribution in [1.29, 1.82) is 0 Å². The SMILES string of the molecule is COc1cc2c(cc1OC)CN(C(=O)CN1CCN(C(=O)Cc3ccc(C)cc3)CC1)CC2. The number of hydrogen-bond donors (Lipinski definition) is 0. The number of hydrogen-bond acceptors (Lipinski definition) is 5. The van der Waals surface area contributed by atoms with Crippen LogP contribution in [0.15, 0.2) is 36.4 Å². The summed E-state index contributed by atoms with van der Waals surface area (Å²) in [4.78, 5) is 31.6. The third kappa shape index (κ3) is 5.47. The smallest absolute Gasteiger partial charge is 0.237 e. The second-order valence-electron chi connectivity index (χ2n) is 8.86. The Morgan fingerprint density at radius 1 is 0.818 bits per heavy atom. The Bertz CT molecular complexity index is 997. The third-order valence-corrected chi connectivity index (χ3v) is 6.63. The van der Waals surface area contributed by atoms with Gasteiger partial charge in [-0.3, -0.25) is 14.5 Å². The first-order valence-corrected chi connectivity index (χ1v) is 11.5. The van der Waals surface area contributed by atoms with E-state index in [0.29, 0.717) is 44.9 Å². The van der Waals surface area contributed by atoms with Crippen LogP contribution in [0.3, 0.4) is 0 Å². The summed E-state index contributed by atoms with van der Waals surface area (Å²) in [6, 6.07) is 12.1. The Morgan fingerprint density at radius 3 is 2.09 bits per heavy atom. The predicted molar refractivity (Wildman–Crippen MR) is 127 cm³/mol. The molecule has 2 aliphatic heterocycles. The number of carbonyl (C=O) groups is 2. The standard InChI is InChI=1S/C26H33N3O4/c1-19-4-6-20(7-5-19)14-25(30)28-12-10-27(11-13-28)18-26(31)29-9-8-21-15-23(32-2)24(33-3)16-22(21)17-29/h4-7,15-16H,8-14,17-18H2,1-3H3. The van der Waals surface area contributed by atoms with Crippen molar-refractivity contribution in [2.75, 3.05) is 53.5 Å². The van der Waals surface area contributed by atoms with Crippen LogP contribution in [-0.4, -0.2) is 80.0 Å². The van der Waals surface area contributed by atoms with E-state index >= 15 is 0 Å². The maximum absolute atomic E-state index is 13.0. The molecular formula is C26H33N3O4. The molecule has 0 atom stereocenters. The van der Waals surface area contributed by atoms with Gasteiger partial charge in [-0.25, -0.2) is 0 Å². The molecule has 2 aliphatic rings. The monoisotopic (exact) mass is 451 g/mol. The highest BCUT2D eigenvalue weighted by Crippen LogP contribution is 2.33. The second-order valence-corrected chi connectivity index (χ2v) is 8.86. The van der Waals surface area contributed by atoms with Crippen LogP contribution in [0.25, 0.3) is 0 Å². The zero-order chi connectivity index (χ0) is 23.4. The van der Waals surface area contributed by atoms with Crippen LogP contribution >= 0.6 is 0 Å². The van der Waals surface area contributed by atoms with Gasteiger partial charge >= 0.3 is 0 Å². The molecule has 176 valence electrons. The van der Waals surface area contributed by atoms with Crippen molar-refractivity contribution in [3.05, 3.63) is 58.7 Å². The minimum atomic E-state index is 0.134. The van der Waals surface area contributed by atoms with E-state index in [2.05, 4.69) is 4.90 Å². The van der Waals surface area contributed by atoms with Gasteiger partial charge in [0.2, 0.25) is 11.8 Å². The Morgan fingerprint density at radius 2 is 1.45 bits per heavy atom. The lowest BCUT2D eigenvalue weighted by molar-refractivity contribution is -0.135. The first-order chi connectivity index (χ1) is 16.0. The first kappa shape index (κ1) is 23.1. The van der Waals surface area contributed by atoms with Crippen LogP contribution in [0.2, 0.25) is 0 Å². The number of aryl methyl sites for hydroxylation is 1. The zero-order valence-electron chi connectivity index (χ0n) is 19.8. The molecule has 2 amide bonds. The van der Waals surface area contributed by atoms with E-state index in [0.717, 1.165) is 36.4 Å². The number of rotatable bonds is 6. The van der Waals surface area contributed by atoms with Gasteiger partial charge in [-0.05, 0) is 42.2 Å². The topological polar surface area (TPSA) is 62.3 Å². The molecule has 0 N–H and O–H groups in total. The average Bonchev–Trinajstić information content (AvgIpc) is 2.84. The number of carbonyl (C=O) groups excluding carboxylic acids is 2. The molecule has 2 heterocycles. The van der Waals surface area contributed by atoms with Crippen LogP contribution in [0.1, 0.15) is 22.3 Å². The molecule has 0 aliphatic carbocycles. The van der Waals surface area contributed by atoms with Crippen molar-refractivity contribution in [3.8, 4) is 11.5 Å². The van der Waals surface area contributed by atoms with Gasteiger partial charge in [0.1, 0.15) is 0 Å². The van der Waals surface area contributed by atoms with E-state index in [9.17, 15) is 9.59 Å². The highest BCUT2D eigenvalue weighted by atomic mass is 16.5. The number of nitrogens with zero attached hydrogens (tertiary/aromatic N) is 3. The van der Waals surface area contributed by atoms with Gasteiger partial charge in [-0.15, -0.1) is 0 Å². The molecule has 4 rings (SSSR count). The van der Waals surface area contributed by atoms with Gasteiger partial charge in [0.15, 0.2) is 11.5 Å². The van der Waals surface area contributed by atoms with Crippen LogP contribution in [-0.2, 0) is 29.0 Å². The number of piperazine rings is 1. The molecule has 0 unspecified atom stereocenters. The first-order valence-electron chi connectivity index (χ1n) is 11.5. The fourth-order valence-corrected chi connectivity index (χ4v) is 4.54. The molecule has 0 spiro atoms. The van der Waals surface area contributed by atoms with Crippen LogP contribution in [0.4, 0.5) is 0 Å². The summed E-state index contributed by atoms with van der Waals surface area (Å²) in [6.07, 6.45) is 1.24. The fourth-order valence-electron chi connectivity index (χ4n) is 4.54. The van der Waals surface area contributed by atoms with Crippen LogP contribution in [0.5, 0.6) is 11.5 Å². The Hall–Kier alpha value is -3.06. The van der Waals surface area contributed by atoms with Crippen LogP contribution in [0, 0.1) is 6.92 Å². The molecule has 1 saturated heterocycles. The zero-order valence-corrected chi connectivity index (χ0v) is 19.8. The van der Waals surface area contributed by atoms with Gasteiger partial charge in [-0.2, -0.15) is 0 Å². The summed E-state index contributed by atoms with van der Waals surface area (Å²) in [5, 5.41) is 0. The highest BCUT2D eigenvalue weighted by molar-refractivity contribution is 5.80. The predicted octanol–water partition coefficient (Wildman–Crippen LogP) is 2.28. The maximum atomic E-state index is 13.0. The minimum Gasteiger partial charge on any atom is -0.493 e. The molecule has 0 radical (unpaired) electrons. The van der Waals surface area contributed by atoms with Gasteiger partial charge < -0.3 is 19.3 Å². The molecule has 1 fully saturated rings. The number of methoxy groups -OCH3 is 2. The lowest BCUT2D eigenvalue weighted by atomic mass is 9.98. The summed E-state index contributed by atoms with van der Waals surface area (Å²) in [6.45, 7) is 6.50. The molecule has 2 aromatic carbocycles. The second kappa shape index (κ2) is 10.3. The maximum Gasteiger partial charge on any atom is 0.237 e. The van der Waals surface area contributed by atoms with Gasteiger partial charge in [-0.1, -0.05) is 29.8 Å². The minimum absolute atomic E-state index is 0.134. The molecular weight excluding hydrogens is 418 g/mol. The van der Waals surface area contributed by atoms with E-state index in [1.54, 1.807) is 14.2 Å². The van der Waals surface area contributed by atoms with E-state index in [-0.39, 0.29) is 11.8 Å². The van der Waals surface area contributed by atoms with Crippen molar-refractivity contribution in [2.24, 2.45) is 0 Å². The summed E-state index contributed by atoms with van der Waals surface area (Å²) in [5.74, 6) is 1.71. The number of ether oxygens (including phenoxy) is 2. The molecule has 2 aromatic rings. The number of benzene rings is 2. The summed E-state index contributed by atoms with van der Waals surface area (Å²) < 4.78 is 10.8. The van der Waals surface area contributed by atoms with Crippen molar-refractivity contribution in [1.82, 2.24) is 14.7 Å². The van der Waals surface area contributed by atoms with Gasteiger partial charge in [0.05, 0.1) is 27.2 Å². The molecule has 7 nitrogen and oxygen atoms in total. The van der Waals surface area contributed by atoms with E-state index in [1.165, 1.54) is 11.1 Å². The Kier molecular flexibility index (Phi) is 7.18. The molecule has 33 heavy (non-hydrogen) atoms. The highest BCUT2D eigenvalue weighted by Gasteiger charge is 2.27. The lowest BCUT2D eigenvalue weighted by Crippen LogP contribution is -2.52. The van der Waals surface area contributed by atoms with Gasteiger partial charge in [0, 0.05) is 39.3 Å². The number of amides is 2. The Balaban J connectivity index is 1.27. The average molecular weight is 452 g/mol. The Labute approximate surface area is 195 Å². The van der Waals surface area contributed by atoms with Crippen molar-refractivity contribution < 1.29 is 19.1 Å². The van der Waals surface area contributed by atoms with Crippen LogP contribution < -0.4 is 9.47 Å². The lowest BCUT2D eigenvalue weighted by Gasteiger charge is -2.36. The molecule has 0 bridgehead atoms. The largest absolute Gasteiger partial charge is 0.493 e. The molecule has 7 heteroatoms. The van der Waals surface area contributed by atoms with E-state index < -0.39 is 0 Å². The van der Waals surface area contributed by atoms with E-state index in [4.69, 9.17) is 9.47 Å². The third-order valence-electron chi connectivity index (χ3n) is 6.63. The quantitative estimate of drug-likeness (QED) is 0.675.